The summed E-state index contributed by atoms with van der Waals surface area (Å²) in [6, 6.07) is 16.1. The highest BCUT2D eigenvalue weighted by Gasteiger charge is 2.25. The molecule has 0 aliphatic heterocycles. The maximum absolute atomic E-state index is 14.3. The molecule has 1 N–H and O–H groups in total. The first-order valence-corrected chi connectivity index (χ1v) is 13.2. The second-order valence-corrected chi connectivity index (χ2v) is 10.5. The normalized spacial score (nSPS) is 12.6. The summed E-state index contributed by atoms with van der Waals surface area (Å²) in [5.74, 6) is 0.337. The number of rotatable bonds is 9. The van der Waals surface area contributed by atoms with Gasteiger partial charge in [0.25, 0.3) is 0 Å². The molecule has 0 bridgehead atoms. The predicted octanol–water partition coefficient (Wildman–Crippen LogP) is 4.10. The minimum absolute atomic E-state index is 0.276. The molecule has 0 saturated carbocycles. The van der Waals surface area contributed by atoms with E-state index in [1.54, 1.807) is 48.5 Å². The van der Waals surface area contributed by atoms with Crippen LogP contribution in [0.1, 0.15) is 29.7 Å². The van der Waals surface area contributed by atoms with Gasteiger partial charge in [-0.25, -0.2) is 17.6 Å². The van der Waals surface area contributed by atoms with E-state index in [1.165, 1.54) is 17.7 Å². The summed E-state index contributed by atoms with van der Waals surface area (Å²) in [4.78, 5) is 16.1. The van der Waals surface area contributed by atoms with Gasteiger partial charge in [-0.2, -0.15) is 0 Å². The first-order valence-electron chi connectivity index (χ1n) is 11.2. The minimum atomic E-state index is -3.48. The summed E-state index contributed by atoms with van der Waals surface area (Å²) in [6.07, 6.45) is 1.41. The van der Waals surface area contributed by atoms with E-state index in [2.05, 4.69) is 4.98 Å². The van der Waals surface area contributed by atoms with Crippen LogP contribution in [0.3, 0.4) is 0 Å². The van der Waals surface area contributed by atoms with E-state index in [9.17, 15) is 17.6 Å². The Morgan fingerprint density at radius 3 is 2.46 bits per heavy atom. The summed E-state index contributed by atoms with van der Waals surface area (Å²) in [5.41, 5.74) is 2.43. The Balaban J connectivity index is 1.88. The molecule has 0 saturated heterocycles. The van der Waals surface area contributed by atoms with Crippen LogP contribution in [0, 0.1) is 5.82 Å². The number of halogens is 1. The van der Waals surface area contributed by atoms with Crippen molar-refractivity contribution in [1.82, 2.24) is 9.55 Å². The van der Waals surface area contributed by atoms with Crippen molar-refractivity contribution in [2.75, 3.05) is 25.7 Å². The Labute approximate surface area is 203 Å². The molecule has 0 amide bonds. The smallest absolute Gasteiger partial charge is 0.327 e. The lowest BCUT2D eigenvalue weighted by molar-refractivity contribution is 0.310. The third-order valence-electron chi connectivity index (χ3n) is 5.82. The molecule has 1 aromatic heterocycles. The molecule has 184 valence electrons. The van der Waals surface area contributed by atoms with Gasteiger partial charge in [-0.3, -0.25) is 4.57 Å². The number of fused-ring (bicyclic) bond motifs is 1. The molecule has 1 atom stereocenters. The third-order valence-corrected chi connectivity index (χ3v) is 6.74. The van der Waals surface area contributed by atoms with E-state index in [4.69, 9.17) is 9.47 Å². The second-order valence-electron chi connectivity index (χ2n) is 8.33. The van der Waals surface area contributed by atoms with Crippen molar-refractivity contribution in [3.05, 3.63) is 93.7 Å². The molecule has 0 fully saturated rings. The van der Waals surface area contributed by atoms with Crippen LogP contribution < -0.4 is 15.2 Å². The highest BCUT2D eigenvalue weighted by Crippen LogP contribution is 2.33. The van der Waals surface area contributed by atoms with Crippen LogP contribution in [0.15, 0.2) is 65.5 Å². The molecule has 0 unspecified atom stereocenters. The SMILES string of the molecule is CCOc1cc([C@@H](CS(C)(=O)=O)n2c(=O)[nH]c3c(Cc4ccccc4F)cccc32)ccc1OC. The first kappa shape index (κ1) is 24.5. The van der Waals surface area contributed by atoms with Gasteiger partial charge in [-0.1, -0.05) is 36.4 Å². The number of para-hydroxylation sites is 1. The van der Waals surface area contributed by atoms with Crippen molar-refractivity contribution in [2.24, 2.45) is 0 Å². The Hall–Kier alpha value is -3.59. The fraction of sp³-hybridized carbons (Fsp3) is 0.269. The van der Waals surface area contributed by atoms with Crippen molar-refractivity contribution in [3.8, 4) is 11.5 Å². The zero-order chi connectivity index (χ0) is 25.2. The van der Waals surface area contributed by atoms with Gasteiger partial charge in [0.2, 0.25) is 0 Å². The number of hydrogen-bond acceptors (Lipinski definition) is 5. The number of aromatic nitrogens is 2. The second kappa shape index (κ2) is 9.95. The van der Waals surface area contributed by atoms with Gasteiger partial charge in [0.1, 0.15) is 15.7 Å². The van der Waals surface area contributed by atoms with E-state index in [0.717, 1.165) is 11.8 Å². The number of nitrogens with one attached hydrogen (secondary N) is 1. The fourth-order valence-corrected chi connectivity index (χ4v) is 5.20. The molecular weight excluding hydrogens is 471 g/mol. The molecule has 35 heavy (non-hydrogen) atoms. The van der Waals surface area contributed by atoms with E-state index < -0.39 is 21.6 Å². The summed E-state index contributed by atoms with van der Waals surface area (Å²) in [7, 11) is -1.96. The first-order chi connectivity index (χ1) is 16.7. The Kier molecular flexibility index (Phi) is 6.98. The van der Waals surface area contributed by atoms with Crippen LogP contribution in [-0.2, 0) is 16.3 Å². The monoisotopic (exact) mass is 498 g/mol. The Bertz CT molecular complexity index is 1520. The molecule has 0 aliphatic rings. The Morgan fingerprint density at radius 2 is 1.77 bits per heavy atom. The van der Waals surface area contributed by atoms with Gasteiger partial charge < -0.3 is 14.5 Å². The summed E-state index contributed by atoms with van der Waals surface area (Å²) in [6.45, 7) is 2.23. The number of ether oxygens (including phenoxy) is 2. The van der Waals surface area contributed by atoms with E-state index in [-0.39, 0.29) is 18.0 Å². The lowest BCUT2D eigenvalue weighted by Gasteiger charge is -2.20. The summed E-state index contributed by atoms with van der Waals surface area (Å²) in [5, 5.41) is 0. The number of imidazole rings is 1. The van der Waals surface area contributed by atoms with Crippen molar-refractivity contribution >= 4 is 20.9 Å². The van der Waals surface area contributed by atoms with Crippen molar-refractivity contribution in [1.29, 1.82) is 0 Å². The molecule has 4 aromatic rings. The topological polar surface area (TPSA) is 90.4 Å². The largest absolute Gasteiger partial charge is 0.493 e. The molecular formula is C26H27FN2O5S. The maximum atomic E-state index is 14.3. The van der Waals surface area contributed by atoms with Crippen LogP contribution in [0.2, 0.25) is 0 Å². The lowest BCUT2D eigenvalue weighted by atomic mass is 10.0. The molecule has 0 radical (unpaired) electrons. The van der Waals surface area contributed by atoms with Gasteiger partial charge in [0, 0.05) is 12.7 Å². The van der Waals surface area contributed by atoms with E-state index >= 15 is 0 Å². The molecule has 4 rings (SSSR count). The molecule has 0 spiro atoms. The van der Waals surface area contributed by atoms with Gasteiger partial charge >= 0.3 is 5.69 Å². The third kappa shape index (κ3) is 5.24. The highest BCUT2D eigenvalue weighted by molar-refractivity contribution is 7.90. The molecule has 1 heterocycles. The quantitative estimate of drug-likeness (QED) is 0.375. The lowest BCUT2D eigenvalue weighted by Crippen LogP contribution is -2.28. The summed E-state index contributed by atoms with van der Waals surface area (Å²) >= 11 is 0. The van der Waals surface area contributed by atoms with E-state index in [1.807, 2.05) is 13.0 Å². The predicted molar refractivity (Wildman–Crippen MR) is 134 cm³/mol. The zero-order valence-corrected chi connectivity index (χ0v) is 20.6. The van der Waals surface area contributed by atoms with Crippen molar-refractivity contribution < 1.29 is 22.3 Å². The number of nitrogens with zero attached hydrogens (tertiary/aromatic N) is 1. The summed E-state index contributed by atoms with van der Waals surface area (Å²) < 4.78 is 51.6. The minimum Gasteiger partial charge on any atom is -0.493 e. The van der Waals surface area contributed by atoms with Crippen molar-refractivity contribution in [2.45, 2.75) is 19.4 Å². The van der Waals surface area contributed by atoms with Crippen LogP contribution in [0.4, 0.5) is 4.39 Å². The standard InChI is InChI=1S/C26H27FN2O5S/c1-4-34-24-15-18(12-13-23(24)33-2)22(16-35(3,31)32)29-21-11-7-9-19(25(21)28-26(29)30)14-17-8-5-6-10-20(17)27/h5-13,15,22H,4,14,16H2,1-3H3,(H,28,30)/t22-/m1/s1. The average molecular weight is 499 g/mol. The molecule has 7 nitrogen and oxygen atoms in total. The highest BCUT2D eigenvalue weighted by atomic mass is 32.2. The number of benzene rings is 3. The van der Waals surface area contributed by atoms with Crippen molar-refractivity contribution in [3.63, 3.8) is 0 Å². The van der Waals surface area contributed by atoms with Gasteiger partial charge in [0.15, 0.2) is 11.5 Å². The van der Waals surface area contributed by atoms with Crippen LogP contribution >= 0.6 is 0 Å². The van der Waals surface area contributed by atoms with Crippen LogP contribution in [-0.4, -0.2) is 43.7 Å². The van der Waals surface area contributed by atoms with Crippen LogP contribution in [0.5, 0.6) is 11.5 Å². The maximum Gasteiger partial charge on any atom is 0.327 e. The number of aromatic amines is 1. The zero-order valence-electron chi connectivity index (χ0n) is 19.7. The van der Waals surface area contributed by atoms with Gasteiger partial charge in [0.05, 0.1) is 36.5 Å². The van der Waals surface area contributed by atoms with Crippen LogP contribution in [0.25, 0.3) is 11.0 Å². The number of sulfone groups is 1. The Morgan fingerprint density at radius 1 is 1.03 bits per heavy atom. The van der Waals surface area contributed by atoms with Gasteiger partial charge in [-0.05, 0) is 47.9 Å². The average Bonchev–Trinajstić information content (AvgIpc) is 3.15. The molecule has 9 heteroatoms. The van der Waals surface area contributed by atoms with Gasteiger partial charge in [-0.15, -0.1) is 0 Å². The van der Waals surface area contributed by atoms with E-state index in [0.29, 0.717) is 40.3 Å². The number of hydrogen-bond donors (Lipinski definition) is 1. The molecule has 0 aliphatic carbocycles. The number of H-pyrrole nitrogens is 1. The number of methoxy groups -OCH3 is 1. The molecule has 3 aromatic carbocycles. The fourth-order valence-electron chi connectivity index (χ4n) is 4.29.